The Hall–Kier alpha value is -2.11. The van der Waals surface area contributed by atoms with Crippen molar-refractivity contribution in [3.63, 3.8) is 0 Å². The van der Waals surface area contributed by atoms with Gasteiger partial charge in [0, 0.05) is 18.2 Å². The molecule has 0 heterocycles. The molecule has 3 rings (SSSR count). The van der Waals surface area contributed by atoms with Crippen LogP contribution in [0.2, 0.25) is 0 Å². The van der Waals surface area contributed by atoms with E-state index in [9.17, 15) is 14.9 Å². The third kappa shape index (κ3) is 4.30. The van der Waals surface area contributed by atoms with Gasteiger partial charge in [-0.2, -0.15) is 0 Å². The van der Waals surface area contributed by atoms with Crippen LogP contribution in [0, 0.1) is 23.0 Å². The fourth-order valence-electron chi connectivity index (χ4n) is 3.68. The Balaban J connectivity index is 1.66. The summed E-state index contributed by atoms with van der Waals surface area (Å²) in [4.78, 5) is 25.4. The molecule has 0 unspecified atom stereocenters. The van der Waals surface area contributed by atoms with Crippen LogP contribution >= 0.6 is 0 Å². The normalized spacial score (nSPS) is 23.1. The van der Waals surface area contributed by atoms with E-state index in [0.29, 0.717) is 12.1 Å². The number of carbonyl (C=O) groups excluding carboxylic acids is 1. The predicted octanol–water partition coefficient (Wildman–Crippen LogP) is 3.85. The van der Waals surface area contributed by atoms with Gasteiger partial charge in [-0.05, 0) is 63.0 Å². The summed E-state index contributed by atoms with van der Waals surface area (Å²) in [6, 6.07) is 5.35. The molecule has 6 nitrogen and oxygen atoms in total. The molecule has 1 aromatic rings. The van der Waals surface area contributed by atoms with Crippen molar-refractivity contribution in [1.29, 1.82) is 0 Å². The molecule has 0 spiro atoms. The van der Waals surface area contributed by atoms with Crippen molar-refractivity contribution in [3.05, 3.63) is 33.9 Å². The monoisotopic (exact) mass is 346 g/mol. The largest absolute Gasteiger partial charge is 0.477 e. The highest BCUT2D eigenvalue weighted by Crippen LogP contribution is 2.35. The molecule has 0 aliphatic heterocycles. The van der Waals surface area contributed by atoms with E-state index in [0.717, 1.165) is 50.0 Å². The second kappa shape index (κ2) is 7.42. The number of nitro groups is 1. The van der Waals surface area contributed by atoms with Gasteiger partial charge in [-0.3, -0.25) is 14.9 Å². The summed E-state index contributed by atoms with van der Waals surface area (Å²) < 4.78 is 5.58. The van der Waals surface area contributed by atoms with E-state index >= 15 is 0 Å². The standard InChI is InChI=1S/C19H26N2O4/c1-13-3-6-15(7-4-13)20(16-8-9-16)19(22)12-25-18-11-14(2)5-10-17(18)21(23)24/h5,10-11,13,15-16H,3-4,6-9,12H2,1-2H3. The first-order chi connectivity index (χ1) is 12.0. The maximum absolute atomic E-state index is 12.8. The van der Waals surface area contributed by atoms with Crippen molar-refractivity contribution in [2.75, 3.05) is 6.61 Å². The quantitative estimate of drug-likeness (QED) is 0.579. The summed E-state index contributed by atoms with van der Waals surface area (Å²) in [6.45, 7) is 3.98. The van der Waals surface area contributed by atoms with Crippen LogP contribution < -0.4 is 4.74 Å². The molecule has 0 saturated heterocycles. The zero-order chi connectivity index (χ0) is 18.0. The Morgan fingerprint density at radius 1 is 1.20 bits per heavy atom. The molecule has 1 aromatic carbocycles. The Kier molecular flexibility index (Phi) is 5.25. The molecular weight excluding hydrogens is 320 g/mol. The Morgan fingerprint density at radius 3 is 2.36 bits per heavy atom. The van der Waals surface area contributed by atoms with Crippen LogP contribution in [0.1, 0.15) is 51.0 Å². The van der Waals surface area contributed by atoms with Gasteiger partial charge in [-0.25, -0.2) is 0 Å². The lowest BCUT2D eigenvalue weighted by molar-refractivity contribution is -0.385. The molecule has 0 aromatic heterocycles. The van der Waals surface area contributed by atoms with Gasteiger partial charge in [-0.15, -0.1) is 0 Å². The number of nitrogens with zero attached hydrogens (tertiary/aromatic N) is 2. The number of carbonyl (C=O) groups is 1. The van der Waals surface area contributed by atoms with Crippen molar-refractivity contribution in [3.8, 4) is 5.75 Å². The summed E-state index contributed by atoms with van der Waals surface area (Å²) in [6.07, 6.45) is 6.53. The topological polar surface area (TPSA) is 72.7 Å². The van der Waals surface area contributed by atoms with E-state index in [4.69, 9.17) is 4.74 Å². The molecule has 2 aliphatic carbocycles. The average molecular weight is 346 g/mol. The predicted molar refractivity (Wildman–Crippen MR) is 94.6 cm³/mol. The van der Waals surface area contributed by atoms with Crippen LogP contribution in [-0.2, 0) is 4.79 Å². The highest BCUT2D eigenvalue weighted by Gasteiger charge is 2.38. The lowest BCUT2D eigenvalue weighted by atomic mass is 9.86. The van der Waals surface area contributed by atoms with Gasteiger partial charge in [0.05, 0.1) is 4.92 Å². The molecule has 6 heteroatoms. The zero-order valence-corrected chi connectivity index (χ0v) is 14.9. The van der Waals surface area contributed by atoms with Crippen LogP contribution in [0.15, 0.2) is 18.2 Å². The van der Waals surface area contributed by atoms with Crippen LogP contribution in [0.3, 0.4) is 0 Å². The maximum Gasteiger partial charge on any atom is 0.310 e. The maximum atomic E-state index is 12.8. The van der Waals surface area contributed by atoms with E-state index in [1.165, 1.54) is 6.07 Å². The van der Waals surface area contributed by atoms with E-state index in [1.807, 2.05) is 11.8 Å². The van der Waals surface area contributed by atoms with Crippen molar-refractivity contribution in [2.45, 2.75) is 64.5 Å². The Bertz CT molecular complexity index is 649. The zero-order valence-electron chi connectivity index (χ0n) is 14.9. The van der Waals surface area contributed by atoms with Crippen LogP contribution in [0.25, 0.3) is 0 Å². The third-order valence-electron chi connectivity index (χ3n) is 5.27. The first-order valence-corrected chi connectivity index (χ1v) is 9.14. The average Bonchev–Trinajstić information content (AvgIpc) is 3.39. The van der Waals surface area contributed by atoms with E-state index in [2.05, 4.69) is 6.92 Å². The number of nitro benzene ring substituents is 1. The van der Waals surface area contributed by atoms with Crippen molar-refractivity contribution in [2.24, 2.45) is 5.92 Å². The van der Waals surface area contributed by atoms with Crippen LogP contribution in [0.4, 0.5) is 5.69 Å². The van der Waals surface area contributed by atoms with E-state index in [1.54, 1.807) is 12.1 Å². The molecule has 2 aliphatic rings. The van der Waals surface area contributed by atoms with Gasteiger partial charge in [0.25, 0.3) is 5.91 Å². The number of amides is 1. The van der Waals surface area contributed by atoms with Gasteiger partial charge < -0.3 is 9.64 Å². The molecule has 2 saturated carbocycles. The summed E-state index contributed by atoms with van der Waals surface area (Å²) in [5.74, 6) is 0.864. The molecule has 0 atom stereocenters. The molecule has 25 heavy (non-hydrogen) atoms. The van der Waals surface area contributed by atoms with E-state index < -0.39 is 4.92 Å². The van der Waals surface area contributed by atoms with Gasteiger partial charge in [0.15, 0.2) is 12.4 Å². The lowest BCUT2D eigenvalue weighted by Gasteiger charge is -2.36. The number of rotatable bonds is 6. The minimum Gasteiger partial charge on any atom is -0.477 e. The van der Waals surface area contributed by atoms with Gasteiger partial charge in [0.1, 0.15) is 0 Å². The molecule has 1 amide bonds. The fourth-order valence-corrected chi connectivity index (χ4v) is 3.68. The first-order valence-electron chi connectivity index (χ1n) is 9.14. The first kappa shape index (κ1) is 17.7. The molecular formula is C19H26N2O4. The summed E-state index contributed by atoms with van der Waals surface area (Å²) in [5, 5.41) is 11.1. The second-order valence-corrected chi connectivity index (χ2v) is 7.46. The summed E-state index contributed by atoms with van der Waals surface area (Å²) in [5.41, 5.74) is 0.774. The van der Waals surface area contributed by atoms with Crippen molar-refractivity contribution in [1.82, 2.24) is 4.90 Å². The smallest absolute Gasteiger partial charge is 0.310 e. The number of ether oxygens (including phenoxy) is 1. The van der Waals surface area contributed by atoms with Gasteiger partial charge >= 0.3 is 5.69 Å². The highest BCUT2D eigenvalue weighted by atomic mass is 16.6. The SMILES string of the molecule is Cc1ccc([N+](=O)[O-])c(OCC(=O)N(C2CCC(C)CC2)C2CC2)c1. The minimum absolute atomic E-state index is 0.0437. The van der Waals surface area contributed by atoms with Gasteiger partial charge in [-0.1, -0.05) is 13.0 Å². The summed E-state index contributed by atoms with van der Waals surface area (Å²) >= 11 is 0. The van der Waals surface area contributed by atoms with Crippen LogP contribution in [0.5, 0.6) is 5.75 Å². The number of hydrogen-bond acceptors (Lipinski definition) is 4. The van der Waals surface area contributed by atoms with Crippen LogP contribution in [-0.4, -0.2) is 34.4 Å². The van der Waals surface area contributed by atoms with E-state index in [-0.39, 0.29) is 24.0 Å². The number of aryl methyl sites for hydroxylation is 1. The lowest BCUT2D eigenvalue weighted by Crippen LogP contribution is -2.45. The highest BCUT2D eigenvalue weighted by molar-refractivity contribution is 5.79. The number of hydrogen-bond donors (Lipinski definition) is 0. The van der Waals surface area contributed by atoms with Crippen molar-refractivity contribution >= 4 is 11.6 Å². The molecule has 0 radical (unpaired) electrons. The molecule has 2 fully saturated rings. The van der Waals surface area contributed by atoms with Gasteiger partial charge in [0.2, 0.25) is 0 Å². The molecule has 136 valence electrons. The fraction of sp³-hybridized carbons (Fsp3) is 0.632. The third-order valence-corrected chi connectivity index (χ3v) is 5.27. The molecule has 0 N–H and O–H groups in total. The second-order valence-electron chi connectivity index (χ2n) is 7.46. The Labute approximate surface area is 148 Å². The Morgan fingerprint density at radius 2 is 1.80 bits per heavy atom. The van der Waals surface area contributed by atoms with Crippen molar-refractivity contribution < 1.29 is 14.5 Å². The minimum atomic E-state index is -0.472. The molecule has 0 bridgehead atoms. The number of benzene rings is 1. The summed E-state index contributed by atoms with van der Waals surface area (Å²) in [7, 11) is 0.